The lowest BCUT2D eigenvalue weighted by Gasteiger charge is -2.34. The van der Waals surface area contributed by atoms with E-state index >= 15 is 0 Å². The van der Waals surface area contributed by atoms with Gasteiger partial charge < -0.3 is 10.8 Å². The van der Waals surface area contributed by atoms with E-state index in [-0.39, 0.29) is 18.3 Å². The Morgan fingerprint density at radius 1 is 1.17 bits per heavy atom. The summed E-state index contributed by atoms with van der Waals surface area (Å²) >= 11 is 18.1. The zero-order chi connectivity index (χ0) is 12.6. The first kappa shape index (κ1) is 16.4. The van der Waals surface area contributed by atoms with Gasteiger partial charge in [-0.2, -0.15) is 0 Å². The van der Waals surface area contributed by atoms with Crippen molar-refractivity contribution >= 4 is 47.2 Å². The SMILES string of the molecule is Cl.N[C@H](c1c(Cl)ccc(Cl)c1Cl)[C@@H](O)C1CCC1. The summed E-state index contributed by atoms with van der Waals surface area (Å²) in [5.74, 6) is 0.246. The molecular formula is C12H15Cl4NO. The van der Waals surface area contributed by atoms with Gasteiger partial charge in [0.1, 0.15) is 0 Å². The second kappa shape index (κ2) is 6.65. The van der Waals surface area contributed by atoms with Crippen molar-refractivity contribution in [3.05, 3.63) is 32.8 Å². The van der Waals surface area contributed by atoms with Gasteiger partial charge in [0.05, 0.1) is 22.2 Å². The lowest BCUT2D eigenvalue weighted by atomic mass is 9.77. The number of rotatable bonds is 3. The van der Waals surface area contributed by atoms with Crippen LogP contribution in [0, 0.1) is 5.92 Å². The van der Waals surface area contributed by atoms with Crippen molar-refractivity contribution in [3.63, 3.8) is 0 Å². The third-order valence-electron chi connectivity index (χ3n) is 3.41. The average molecular weight is 331 g/mol. The van der Waals surface area contributed by atoms with E-state index < -0.39 is 12.1 Å². The van der Waals surface area contributed by atoms with Gasteiger partial charge in [-0.25, -0.2) is 0 Å². The summed E-state index contributed by atoms with van der Waals surface area (Å²) in [6, 6.07) is 2.69. The molecule has 0 unspecified atom stereocenters. The standard InChI is InChI=1S/C12H14Cl3NO.ClH/c13-7-4-5-8(14)10(15)9(7)11(16)12(17)6-2-1-3-6;/h4-6,11-12,17H,1-3,16H2;1H/t11-,12+;/m1./s1. The van der Waals surface area contributed by atoms with Gasteiger partial charge in [-0.1, -0.05) is 41.2 Å². The number of halogens is 4. The van der Waals surface area contributed by atoms with Crippen molar-refractivity contribution in [1.82, 2.24) is 0 Å². The van der Waals surface area contributed by atoms with Crippen LogP contribution in [0.5, 0.6) is 0 Å². The van der Waals surface area contributed by atoms with Crippen molar-refractivity contribution in [2.75, 3.05) is 0 Å². The van der Waals surface area contributed by atoms with Crippen LogP contribution in [0.2, 0.25) is 15.1 Å². The van der Waals surface area contributed by atoms with Crippen LogP contribution in [-0.2, 0) is 0 Å². The second-order valence-corrected chi connectivity index (χ2v) is 5.66. The zero-order valence-corrected chi connectivity index (χ0v) is 12.7. The number of nitrogens with two attached hydrogens (primary N) is 1. The molecule has 0 aliphatic heterocycles. The molecule has 1 aromatic carbocycles. The Kier molecular flexibility index (Phi) is 6.04. The van der Waals surface area contributed by atoms with E-state index in [0.29, 0.717) is 20.6 Å². The Balaban J connectivity index is 0.00000162. The van der Waals surface area contributed by atoms with Crippen molar-refractivity contribution in [2.24, 2.45) is 11.7 Å². The lowest BCUT2D eigenvalue weighted by molar-refractivity contribution is 0.0414. The second-order valence-electron chi connectivity index (χ2n) is 4.46. The minimum absolute atomic E-state index is 0. The van der Waals surface area contributed by atoms with Gasteiger partial charge in [-0.3, -0.25) is 0 Å². The molecule has 1 fully saturated rings. The van der Waals surface area contributed by atoms with Crippen LogP contribution in [0.25, 0.3) is 0 Å². The summed E-state index contributed by atoms with van der Waals surface area (Å²) < 4.78 is 0. The van der Waals surface area contributed by atoms with Gasteiger partial charge in [-0.15, -0.1) is 12.4 Å². The molecule has 2 nitrogen and oxygen atoms in total. The minimum atomic E-state index is -0.614. The molecular weight excluding hydrogens is 316 g/mol. The first-order chi connectivity index (χ1) is 8.02. The molecule has 2 rings (SSSR count). The normalized spacial score (nSPS) is 18.7. The predicted octanol–water partition coefficient (Wildman–Crippen LogP) is 4.23. The zero-order valence-electron chi connectivity index (χ0n) is 9.57. The molecule has 0 saturated heterocycles. The predicted molar refractivity (Wildman–Crippen MR) is 79.0 cm³/mol. The fraction of sp³-hybridized carbons (Fsp3) is 0.500. The summed E-state index contributed by atoms with van der Waals surface area (Å²) in [5.41, 5.74) is 6.58. The summed E-state index contributed by atoms with van der Waals surface area (Å²) in [6.07, 6.45) is 2.54. The highest BCUT2D eigenvalue weighted by Gasteiger charge is 2.32. The average Bonchev–Trinajstić information content (AvgIpc) is 2.21. The molecule has 6 heteroatoms. The molecule has 0 bridgehead atoms. The maximum atomic E-state index is 10.1. The number of hydrogen-bond donors (Lipinski definition) is 2. The molecule has 18 heavy (non-hydrogen) atoms. The number of hydrogen-bond acceptors (Lipinski definition) is 2. The minimum Gasteiger partial charge on any atom is -0.391 e. The molecule has 0 spiro atoms. The van der Waals surface area contributed by atoms with E-state index in [1.807, 2.05) is 0 Å². The van der Waals surface area contributed by atoms with Crippen LogP contribution in [0.1, 0.15) is 30.9 Å². The highest BCUT2D eigenvalue weighted by atomic mass is 35.5. The molecule has 1 saturated carbocycles. The maximum absolute atomic E-state index is 10.1. The highest BCUT2D eigenvalue weighted by Crippen LogP contribution is 2.40. The van der Waals surface area contributed by atoms with Crippen molar-refractivity contribution in [3.8, 4) is 0 Å². The Morgan fingerprint density at radius 2 is 1.72 bits per heavy atom. The molecule has 0 amide bonds. The first-order valence-electron chi connectivity index (χ1n) is 5.59. The molecule has 0 aromatic heterocycles. The van der Waals surface area contributed by atoms with Gasteiger partial charge in [0, 0.05) is 10.6 Å². The fourth-order valence-electron chi connectivity index (χ4n) is 2.09. The summed E-state index contributed by atoms with van der Waals surface area (Å²) in [4.78, 5) is 0. The summed E-state index contributed by atoms with van der Waals surface area (Å²) in [7, 11) is 0. The molecule has 1 aliphatic rings. The summed E-state index contributed by atoms with van der Waals surface area (Å²) in [6.45, 7) is 0. The van der Waals surface area contributed by atoms with Crippen LogP contribution in [0.15, 0.2) is 12.1 Å². The molecule has 0 heterocycles. The quantitative estimate of drug-likeness (QED) is 0.815. The molecule has 0 radical (unpaired) electrons. The third kappa shape index (κ3) is 3.06. The lowest BCUT2D eigenvalue weighted by Crippen LogP contribution is -2.36. The van der Waals surface area contributed by atoms with Crippen molar-refractivity contribution in [1.29, 1.82) is 0 Å². The Hall–Kier alpha value is 0.300. The van der Waals surface area contributed by atoms with Crippen LogP contribution in [0.3, 0.4) is 0 Å². The molecule has 1 aliphatic carbocycles. The third-order valence-corrected chi connectivity index (χ3v) is 4.56. The van der Waals surface area contributed by atoms with E-state index in [1.165, 1.54) is 0 Å². The van der Waals surface area contributed by atoms with Crippen LogP contribution >= 0.6 is 47.2 Å². The van der Waals surface area contributed by atoms with Crippen LogP contribution < -0.4 is 5.73 Å². The van der Waals surface area contributed by atoms with E-state index in [2.05, 4.69) is 0 Å². The van der Waals surface area contributed by atoms with E-state index in [1.54, 1.807) is 12.1 Å². The summed E-state index contributed by atoms with van der Waals surface area (Å²) in [5, 5.41) is 11.3. The smallest absolute Gasteiger partial charge is 0.0761 e. The van der Waals surface area contributed by atoms with Gasteiger partial charge in [0.25, 0.3) is 0 Å². The number of aliphatic hydroxyl groups is 1. The van der Waals surface area contributed by atoms with Crippen LogP contribution in [-0.4, -0.2) is 11.2 Å². The topological polar surface area (TPSA) is 46.2 Å². The first-order valence-corrected chi connectivity index (χ1v) is 6.72. The Bertz CT molecular complexity index is 423. The van der Waals surface area contributed by atoms with Crippen molar-refractivity contribution in [2.45, 2.75) is 31.4 Å². The Labute approximate surface area is 128 Å². The van der Waals surface area contributed by atoms with Crippen LogP contribution in [0.4, 0.5) is 0 Å². The molecule has 102 valence electrons. The maximum Gasteiger partial charge on any atom is 0.0761 e. The van der Waals surface area contributed by atoms with E-state index in [0.717, 1.165) is 19.3 Å². The highest BCUT2D eigenvalue weighted by molar-refractivity contribution is 6.44. The van der Waals surface area contributed by atoms with E-state index in [9.17, 15) is 5.11 Å². The van der Waals surface area contributed by atoms with Gasteiger partial charge in [0.2, 0.25) is 0 Å². The van der Waals surface area contributed by atoms with Gasteiger partial charge in [0.15, 0.2) is 0 Å². The Morgan fingerprint density at radius 3 is 2.22 bits per heavy atom. The van der Waals surface area contributed by atoms with Gasteiger partial charge >= 0.3 is 0 Å². The number of aliphatic hydroxyl groups excluding tert-OH is 1. The van der Waals surface area contributed by atoms with Gasteiger partial charge in [-0.05, 0) is 30.9 Å². The largest absolute Gasteiger partial charge is 0.391 e. The molecule has 3 N–H and O–H groups in total. The molecule has 1 aromatic rings. The molecule has 2 atom stereocenters. The fourth-order valence-corrected chi connectivity index (χ4v) is 2.88. The van der Waals surface area contributed by atoms with Crippen molar-refractivity contribution < 1.29 is 5.11 Å². The van der Waals surface area contributed by atoms with E-state index in [4.69, 9.17) is 40.5 Å². The number of benzene rings is 1. The monoisotopic (exact) mass is 329 g/mol.